The van der Waals surface area contributed by atoms with Crippen molar-refractivity contribution in [1.82, 2.24) is 5.32 Å². The molecule has 96 valence electrons. The normalized spacial score (nSPS) is 10.7. The van der Waals surface area contributed by atoms with Gasteiger partial charge in [-0.15, -0.1) is 0 Å². The van der Waals surface area contributed by atoms with Crippen LogP contribution in [0.5, 0.6) is 0 Å². The zero-order chi connectivity index (χ0) is 13.5. The molecule has 1 aromatic rings. The number of carbonyl (C=O) groups is 1. The number of nitrogens with one attached hydrogen (secondary N) is 1. The molecule has 0 heterocycles. The van der Waals surface area contributed by atoms with Crippen molar-refractivity contribution in [3.05, 3.63) is 45.5 Å². The molecule has 0 amide bonds. The van der Waals surface area contributed by atoms with Crippen LogP contribution in [0.15, 0.2) is 24.3 Å². The Morgan fingerprint density at radius 3 is 2.83 bits per heavy atom. The van der Waals surface area contributed by atoms with Gasteiger partial charge in [-0.2, -0.15) is 0 Å². The highest BCUT2D eigenvalue weighted by Gasteiger charge is 2.15. The van der Waals surface area contributed by atoms with E-state index in [1.165, 1.54) is 12.1 Å². The molecule has 0 aliphatic carbocycles. The van der Waals surface area contributed by atoms with Crippen molar-refractivity contribution in [3.8, 4) is 0 Å². The highest BCUT2D eigenvalue weighted by Crippen LogP contribution is 2.22. The van der Waals surface area contributed by atoms with Crippen LogP contribution in [0.25, 0.3) is 6.08 Å². The lowest BCUT2D eigenvalue weighted by molar-refractivity contribution is -0.385. The summed E-state index contributed by atoms with van der Waals surface area (Å²) in [6.07, 6.45) is 4.18. The predicted octanol–water partition coefficient (Wildman–Crippen LogP) is 1.92. The molecule has 6 nitrogen and oxygen atoms in total. The molecule has 0 aliphatic rings. The van der Waals surface area contributed by atoms with E-state index in [-0.39, 0.29) is 11.3 Å². The van der Waals surface area contributed by atoms with Gasteiger partial charge in [0.05, 0.1) is 16.1 Å². The van der Waals surface area contributed by atoms with E-state index in [1.54, 1.807) is 12.2 Å². The van der Waals surface area contributed by atoms with E-state index in [0.717, 1.165) is 19.0 Å². The number of hydrogen-bond acceptors (Lipinski definition) is 4. The van der Waals surface area contributed by atoms with Gasteiger partial charge in [-0.1, -0.05) is 12.2 Å². The van der Waals surface area contributed by atoms with Gasteiger partial charge < -0.3 is 10.4 Å². The van der Waals surface area contributed by atoms with Crippen LogP contribution in [0.1, 0.15) is 22.3 Å². The van der Waals surface area contributed by atoms with Crippen LogP contribution < -0.4 is 5.32 Å². The standard InChI is InChI=1S/C12H14N2O4/c1-13-7-3-2-4-9-5-6-10(12(15)16)8-11(9)14(17)18/h2,4-6,8,13H,3,7H2,1H3,(H,15,16). The summed E-state index contributed by atoms with van der Waals surface area (Å²) in [5, 5.41) is 22.6. The van der Waals surface area contributed by atoms with Crippen molar-refractivity contribution in [2.45, 2.75) is 6.42 Å². The first-order chi connectivity index (χ1) is 8.56. The van der Waals surface area contributed by atoms with Gasteiger partial charge in [-0.25, -0.2) is 4.79 Å². The molecule has 0 atom stereocenters. The highest BCUT2D eigenvalue weighted by molar-refractivity contribution is 5.89. The molecule has 0 bridgehead atoms. The van der Waals surface area contributed by atoms with Crippen molar-refractivity contribution >= 4 is 17.7 Å². The molecule has 18 heavy (non-hydrogen) atoms. The smallest absolute Gasteiger partial charge is 0.335 e. The minimum absolute atomic E-state index is 0.0888. The summed E-state index contributed by atoms with van der Waals surface area (Å²) in [7, 11) is 1.82. The second kappa shape index (κ2) is 6.51. The van der Waals surface area contributed by atoms with E-state index in [9.17, 15) is 14.9 Å². The Bertz CT molecular complexity index is 483. The number of hydrogen-bond donors (Lipinski definition) is 2. The van der Waals surface area contributed by atoms with E-state index >= 15 is 0 Å². The molecule has 0 unspecified atom stereocenters. The maximum absolute atomic E-state index is 10.9. The van der Waals surface area contributed by atoms with Crippen LogP contribution in [-0.2, 0) is 0 Å². The van der Waals surface area contributed by atoms with E-state index in [4.69, 9.17) is 5.11 Å². The maximum Gasteiger partial charge on any atom is 0.335 e. The molecule has 0 saturated heterocycles. The Morgan fingerprint density at radius 2 is 2.28 bits per heavy atom. The molecule has 1 rings (SSSR count). The third-order valence-corrected chi connectivity index (χ3v) is 2.33. The van der Waals surface area contributed by atoms with Crippen LogP contribution in [0.3, 0.4) is 0 Å². The third-order valence-electron chi connectivity index (χ3n) is 2.33. The quantitative estimate of drug-likeness (QED) is 0.457. The van der Waals surface area contributed by atoms with Crippen LogP contribution in [0.4, 0.5) is 5.69 Å². The summed E-state index contributed by atoms with van der Waals surface area (Å²) in [5.41, 5.74) is 0.116. The van der Waals surface area contributed by atoms with Crippen LogP contribution in [-0.4, -0.2) is 29.6 Å². The lowest BCUT2D eigenvalue weighted by Crippen LogP contribution is -2.05. The predicted molar refractivity (Wildman–Crippen MR) is 67.6 cm³/mol. The van der Waals surface area contributed by atoms with Crippen LogP contribution >= 0.6 is 0 Å². The molecular formula is C12H14N2O4. The number of carboxylic acids is 1. The lowest BCUT2D eigenvalue weighted by atomic mass is 10.1. The first-order valence-electron chi connectivity index (χ1n) is 5.39. The van der Waals surface area contributed by atoms with E-state index in [2.05, 4.69) is 5.32 Å². The molecule has 1 aromatic carbocycles. The average molecular weight is 250 g/mol. The second-order valence-corrected chi connectivity index (χ2v) is 3.63. The topological polar surface area (TPSA) is 92.5 Å². The Hall–Kier alpha value is -2.21. The van der Waals surface area contributed by atoms with Gasteiger partial charge in [0.1, 0.15) is 0 Å². The molecule has 0 spiro atoms. The molecule has 2 N–H and O–H groups in total. The number of nitro groups is 1. The maximum atomic E-state index is 10.9. The highest BCUT2D eigenvalue weighted by atomic mass is 16.6. The van der Waals surface area contributed by atoms with Crippen LogP contribution in [0.2, 0.25) is 0 Å². The van der Waals surface area contributed by atoms with Crippen molar-refractivity contribution < 1.29 is 14.8 Å². The zero-order valence-corrected chi connectivity index (χ0v) is 9.92. The molecule has 0 fully saturated rings. The number of benzene rings is 1. The summed E-state index contributed by atoms with van der Waals surface area (Å²) < 4.78 is 0. The van der Waals surface area contributed by atoms with Gasteiger partial charge in [-0.05, 0) is 32.1 Å². The van der Waals surface area contributed by atoms with Gasteiger partial charge in [0.15, 0.2) is 0 Å². The van der Waals surface area contributed by atoms with E-state index in [1.807, 2.05) is 7.05 Å². The van der Waals surface area contributed by atoms with Crippen LogP contribution in [0, 0.1) is 10.1 Å². The van der Waals surface area contributed by atoms with Gasteiger partial charge in [0.2, 0.25) is 0 Å². The van der Waals surface area contributed by atoms with Gasteiger partial charge in [0.25, 0.3) is 5.69 Å². The number of rotatable bonds is 6. The van der Waals surface area contributed by atoms with Crippen molar-refractivity contribution in [3.63, 3.8) is 0 Å². The van der Waals surface area contributed by atoms with Gasteiger partial charge >= 0.3 is 5.97 Å². The summed E-state index contributed by atoms with van der Waals surface area (Å²) in [6.45, 7) is 0.775. The molecule has 6 heteroatoms. The number of nitrogens with zero attached hydrogens (tertiary/aromatic N) is 1. The monoisotopic (exact) mass is 250 g/mol. The van der Waals surface area contributed by atoms with Crippen molar-refractivity contribution in [2.75, 3.05) is 13.6 Å². The number of aromatic carboxylic acids is 1. The SMILES string of the molecule is CNCCC=Cc1ccc(C(=O)O)cc1[N+](=O)[O-]. The molecule has 0 radical (unpaired) electrons. The average Bonchev–Trinajstić information content (AvgIpc) is 2.34. The summed E-state index contributed by atoms with van der Waals surface area (Å²) in [5.74, 6) is -1.18. The number of carboxylic acid groups (broad SMARTS) is 1. The van der Waals surface area contributed by atoms with Crippen molar-refractivity contribution in [2.24, 2.45) is 0 Å². The second-order valence-electron chi connectivity index (χ2n) is 3.63. The zero-order valence-electron chi connectivity index (χ0n) is 9.92. The van der Waals surface area contributed by atoms with Crippen molar-refractivity contribution in [1.29, 1.82) is 0 Å². The first kappa shape index (κ1) is 13.9. The Kier molecular flexibility index (Phi) is 5.01. The Labute approximate surface area is 104 Å². The minimum Gasteiger partial charge on any atom is -0.478 e. The van der Waals surface area contributed by atoms with Gasteiger partial charge in [-0.3, -0.25) is 10.1 Å². The summed E-state index contributed by atoms with van der Waals surface area (Å²) >= 11 is 0. The molecular weight excluding hydrogens is 236 g/mol. The Morgan fingerprint density at radius 1 is 1.56 bits per heavy atom. The summed E-state index contributed by atoms with van der Waals surface area (Å²) in [4.78, 5) is 21.0. The number of nitro benzene ring substituents is 1. The Balaban J connectivity index is 3.00. The fraction of sp³-hybridized carbons (Fsp3) is 0.250. The van der Waals surface area contributed by atoms with Gasteiger partial charge in [0, 0.05) is 6.07 Å². The molecule has 0 saturated carbocycles. The first-order valence-corrected chi connectivity index (χ1v) is 5.39. The van der Waals surface area contributed by atoms with E-state index < -0.39 is 10.9 Å². The molecule has 0 aliphatic heterocycles. The largest absolute Gasteiger partial charge is 0.478 e. The summed E-state index contributed by atoms with van der Waals surface area (Å²) in [6, 6.07) is 3.87. The minimum atomic E-state index is -1.18. The van der Waals surface area contributed by atoms with E-state index in [0.29, 0.717) is 5.56 Å². The lowest BCUT2D eigenvalue weighted by Gasteiger charge is -2.00. The molecule has 0 aromatic heterocycles. The third kappa shape index (κ3) is 3.67. The fourth-order valence-corrected chi connectivity index (χ4v) is 1.41. The fourth-order valence-electron chi connectivity index (χ4n) is 1.41.